The molecule has 1 aliphatic rings. The number of rotatable bonds is 3. The zero-order valence-electron chi connectivity index (χ0n) is 5.17. The number of thioether (sulfide) groups is 1. The monoisotopic (exact) mass is 143 g/mol. The van der Waals surface area contributed by atoms with Crippen LogP contribution in [0.25, 0.3) is 0 Å². The number of carbonyl (C=O) groups is 1. The van der Waals surface area contributed by atoms with Crippen molar-refractivity contribution >= 4 is 23.1 Å². The summed E-state index contributed by atoms with van der Waals surface area (Å²) in [5.74, 6) is 1.11. The number of aldehydes is 1. The normalized spacial score (nSPS) is 17.6. The molecule has 0 saturated heterocycles. The number of nitrogens with zero attached hydrogens (tertiary/aromatic N) is 1. The Balaban J connectivity index is 2.18. The van der Waals surface area contributed by atoms with Crippen molar-refractivity contribution in [3.8, 4) is 0 Å². The van der Waals surface area contributed by atoms with E-state index in [4.69, 9.17) is 0 Å². The minimum atomic E-state index is 0.631. The molecule has 0 aliphatic carbocycles. The molecule has 2 nitrogen and oxygen atoms in total. The summed E-state index contributed by atoms with van der Waals surface area (Å²) < 4.78 is 0. The van der Waals surface area contributed by atoms with Crippen LogP contribution in [0.15, 0.2) is 4.99 Å². The smallest absolute Gasteiger partial charge is 0.120 e. The van der Waals surface area contributed by atoms with E-state index in [2.05, 4.69) is 4.99 Å². The molecule has 0 atom stereocenters. The molecule has 0 N–H and O–H groups in total. The van der Waals surface area contributed by atoms with Crippen molar-refractivity contribution in [3.05, 3.63) is 0 Å². The lowest BCUT2D eigenvalue weighted by molar-refractivity contribution is -0.107. The Hall–Kier alpha value is -0.310. The van der Waals surface area contributed by atoms with Gasteiger partial charge in [-0.3, -0.25) is 4.99 Å². The van der Waals surface area contributed by atoms with Gasteiger partial charge < -0.3 is 4.79 Å². The SMILES string of the molecule is O=CCCC1=NCCS1. The molecule has 0 aromatic heterocycles. The first kappa shape index (κ1) is 6.81. The van der Waals surface area contributed by atoms with Gasteiger partial charge in [-0.05, 0) is 0 Å². The van der Waals surface area contributed by atoms with Crippen LogP contribution in [0, 0.1) is 0 Å². The molecule has 1 rings (SSSR count). The molecule has 0 radical (unpaired) electrons. The quantitative estimate of drug-likeness (QED) is 0.554. The predicted octanol–water partition coefficient (Wildman–Crippen LogP) is 1.11. The van der Waals surface area contributed by atoms with E-state index in [9.17, 15) is 4.79 Å². The fourth-order valence-electron chi connectivity index (χ4n) is 0.713. The van der Waals surface area contributed by atoms with E-state index in [-0.39, 0.29) is 0 Å². The number of aliphatic imine (C=N–C) groups is 1. The van der Waals surface area contributed by atoms with Crippen LogP contribution in [0.4, 0.5) is 0 Å². The molecule has 1 aliphatic heterocycles. The third-order valence-electron chi connectivity index (χ3n) is 1.12. The van der Waals surface area contributed by atoms with Crippen molar-refractivity contribution < 1.29 is 4.79 Å². The van der Waals surface area contributed by atoms with E-state index in [1.807, 2.05) is 0 Å². The highest BCUT2D eigenvalue weighted by atomic mass is 32.2. The Morgan fingerprint density at radius 1 is 1.78 bits per heavy atom. The summed E-state index contributed by atoms with van der Waals surface area (Å²) in [6.45, 7) is 0.943. The lowest BCUT2D eigenvalue weighted by atomic mass is 10.3. The fourth-order valence-corrected chi connectivity index (χ4v) is 1.58. The topological polar surface area (TPSA) is 29.4 Å². The van der Waals surface area contributed by atoms with Crippen LogP contribution < -0.4 is 0 Å². The van der Waals surface area contributed by atoms with Gasteiger partial charge in [0.05, 0.1) is 5.04 Å². The van der Waals surface area contributed by atoms with Gasteiger partial charge in [0.15, 0.2) is 0 Å². The Labute approximate surface area is 58.7 Å². The van der Waals surface area contributed by atoms with E-state index >= 15 is 0 Å². The van der Waals surface area contributed by atoms with Gasteiger partial charge >= 0.3 is 0 Å². The summed E-state index contributed by atoms with van der Waals surface area (Å²) in [5.41, 5.74) is 0. The standard InChI is InChI=1S/C6H9NOS/c8-4-1-2-6-7-3-5-9-6/h4H,1-3,5H2. The second-order valence-electron chi connectivity index (χ2n) is 1.83. The number of hydrogen-bond donors (Lipinski definition) is 0. The lowest BCUT2D eigenvalue weighted by Gasteiger charge is -1.90. The Bertz CT molecular complexity index is 133. The maximum atomic E-state index is 9.90. The van der Waals surface area contributed by atoms with Crippen LogP contribution in [0.2, 0.25) is 0 Å². The third-order valence-corrected chi connectivity index (χ3v) is 2.18. The number of carbonyl (C=O) groups excluding carboxylic acids is 1. The van der Waals surface area contributed by atoms with E-state index in [1.165, 1.54) is 0 Å². The Morgan fingerprint density at radius 3 is 3.22 bits per heavy atom. The zero-order valence-corrected chi connectivity index (χ0v) is 5.99. The summed E-state index contributed by atoms with van der Waals surface area (Å²) in [6, 6.07) is 0. The number of hydrogen-bond acceptors (Lipinski definition) is 3. The summed E-state index contributed by atoms with van der Waals surface area (Å²) in [4.78, 5) is 14.1. The molecular formula is C6H9NOS. The summed E-state index contributed by atoms with van der Waals surface area (Å²) in [5, 5.41) is 1.15. The average Bonchev–Trinajstić information content (AvgIpc) is 2.34. The first-order chi connectivity index (χ1) is 4.43. The molecule has 50 valence electrons. The van der Waals surface area contributed by atoms with E-state index in [0.29, 0.717) is 6.42 Å². The van der Waals surface area contributed by atoms with Crippen LogP contribution in [-0.4, -0.2) is 23.6 Å². The van der Waals surface area contributed by atoms with Crippen LogP contribution >= 0.6 is 11.8 Å². The van der Waals surface area contributed by atoms with E-state index in [1.54, 1.807) is 11.8 Å². The van der Waals surface area contributed by atoms with Crippen molar-refractivity contribution in [3.63, 3.8) is 0 Å². The molecule has 0 unspecified atom stereocenters. The zero-order chi connectivity index (χ0) is 6.53. The van der Waals surface area contributed by atoms with Gasteiger partial charge in [-0.1, -0.05) is 0 Å². The van der Waals surface area contributed by atoms with Crippen molar-refractivity contribution in [1.82, 2.24) is 0 Å². The molecule has 0 bridgehead atoms. The minimum Gasteiger partial charge on any atom is -0.303 e. The Morgan fingerprint density at radius 2 is 2.67 bits per heavy atom. The van der Waals surface area contributed by atoms with E-state index < -0.39 is 0 Å². The van der Waals surface area contributed by atoms with Crippen LogP contribution in [0.1, 0.15) is 12.8 Å². The molecule has 0 fully saturated rings. The molecular weight excluding hydrogens is 134 g/mol. The highest BCUT2D eigenvalue weighted by Gasteiger charge is 2.04. The largest absolute Gasteiger partial charge is 0.303 e. The van der Waals surface area contributed by atoms with Crippen molar-refractivity contribution in [2.24, 2.45) is 4.99 Å². The highest BCUT2D eigenvalue weighted by Crippen LogP contribution is 2.14. The minimum absolute atomic E-state index is 0.631. The molecule has 3 heteroatoms. The lowest BCUT2D eigenvalue weighted by Crippen LogP contribution is -1.87. The van der Waals surface area contributed by atoms with Crippen LogP contribution in [0.5, 0.6) is 0 Å². The van der Waals surface area contributed by atoms with Crippen molar-refractivity contribution in [1.29, 1.82) is 0 Å². The first-order valence-corrected chi connectivity index (χ1v) is 4.02. The summed E-state index contributed by atoms with van der Waals surface area (Å²) in [7, 11) is 0. The van der Waals surface area contributed by atoms with Crippen molar-refractivity contribution in [2.45, 2.75) is 12.8 Å². The van der Waals surface area contributed by atoms with Gasteiger partial charge in [0, 0.05) is 25.1 Å². The van der Waals surface area contributed by atoms with Gasteiger partial charge in [0.1, 0.15) is 6.29 Å². The first-order valence-electron chi connectivity index (χ1n) is 3.03. The van der Waals surface area contributed by atoms with Gasteiger partial charge in [-0.2, -0.15) is 0 Å². The maximum absolute atomic E-state index is 9.90. The average molecular weight is 143 g/mol. The third kappa shape index (κ3) is 2.18. The fraction of sp³-hybridized carbons (Fsp3) is 0.667. The molecule has 0 aromatic rings. The van der Waals surface area contributed by atoms with E-state index in [0.717, 1.165) is 30.0 Å². The second-order valence-corrected chi connectivity index (χ2v) is 3.00. The second kappa shape index (κ2) is 3.67. The predicted molar refractivity (Wildman–Crippen MR) is 40.1 cm³/mol. The maximum Gasteiger partial charge on any atom is 0.120 e. The molecule has 0 amide bonds. The Kier molecular flexibility index (Phi) is 2.77. The van der Waals surface area contributed by atoms with Gasteiger partial charge in [0.2, 0.25) is 0 Å². The molecule has 1 heterocycles. The van der Waals surface area contributed by atoms with Crippen LogP contribution in [0.3, 0.4) is 0 Å². The summed E-state index contributed by atoms with van der Waals surface area (Å²) in [6.07, 6.45) is 2.43. The molecule has 0 saturated carbocycles. The van der Waals surface area contributed by atoms with Gasteiger partial charge in [-0.15, -0.1) is 11.8 Å². The molecule has 9 heavy (non-hydrogen) atoms. The summed E-state index contributed by atoms with van der Waals surface area (Å²) >= 11 is 1.77. The highest BCUT2D eigenvalue weighted by molar-refractivity contribution is 8.14. The van der Waals surface area contributed by atoms with Gasteiger partial charge in [-0.25, -0.2) is 0 Å². The van der Waals surface area contributed by atoms with Crippen LogP contribution in [-0.2, 0) is 4.79 Å². The van der Waals surface area contributed by atoms with Crippen molar-refractivity contribution in [2.75, 3.05) is 12.3 Å². The molecule has 0 spiro atoms. The van der Waals surface area contributed by atoms with Gasteiger partial charge in [0.25, 0.3) is 0 Å². The molecule has 0 aromatic carbocycles.